The Morgan fingerprint density at radius 2 is 1.92 bits per heavy atom. The quantitative estimate of drug-likeness (QED) is 0.797. The van der Waals surface area contributed by atoms with Gasteiger partial charge >= 0.3 is 0 Å². The summed E-state index contributed by atoms with van der Waals surface area (Å²) in [6, 6.07) is 13.2. The van der Waals surface area contributed by atoms with Gasteiger partial charge in [-0.05, 0) is 50.1 Å². The predicted octanol–water partition coefficient (Wildman–Crippen LogP) is 3.57. The van der Waals surface area contributed by atoms with Crippen molar-refractivity contribution >= 4 is 5.91 Å². The van der Waals surface area contributed by atoms with Crippen molar-refractivity contribution in [1.29, 1.82) is 0 Å². The van der Waals surface area contributed by atoms with Gasteiger partial charge in [-0.1, -0.05) is 6.07 Å². The van der Waals surface area contributed by atoms with Crippen LogP contribution in [0.3, 0.4) is 0 Å². The summed E-state index contributed by atoms with van der Waals surface area (Å²) in [5, 5.41) is 3.00. The Kier molecular flexibility index (Phi) is 5.43. The van der Waals surface area contributed by atoms with Crippen molar-refractivity contribution in [3.8, 4) is 17.2 Å². The van der Waals surface area contributed by atoms with E-state index in [0.717, 1.165) is 29.9 Å². The lowest BCUT2D eigenvalue weighted by Crippen LogP contribution is -2.25. The fourth-order valence-corrected chi connectivity index (χ4v) is 2.48. The van der Waals surface area contributed by atoms with E-state index in [1.54, 1.807) is 13.2 Å². The van der Waals surface area contributed by atoms with Crippen LogP contribution < -0.4 is 19.5 Å². The van der Waals surface area contributed by atoms with Gasteiger partial charge in [0.25, 0.3) is 5.91 Å². The van der Waals surface area contributed by atoms with Gasteiger partial charge in [0.15, 0.2) is 0 Å². The zero-order valence-corrected chi connectivity index (χ0v) is 14.6. The van der Waals surface area contributed by atoms with Crippen LogP contribution in [0.4, 0.5) is 0 Å². The van der Waals surface area contributed by atoms with Crippen molar-refractivity contribution in [2.24, 2.45) is 0 Å². The maximum atomic E-state index is 12.3. The van der Waals surface area contributed by atoms with Crippen LogP contribution >= 0.6 is 0 Å². The van der Waals surface area contributed by atoms with Crippen molar-refractivity contribution in [2.75, 3.05) is 13.7 Å². The Morgan fingerprint density at radius 1 is 1.12 bits per heavy atom. The summed E-state index contributed by atoms with van der Waals surface area (Å²) in [6.07, 6.45) is 2.13. The Labute approximate surface area is 147 Å². The molecular weight excluding hydrogens is 318 g/mol. The molecule has 0 bridgehead atoms. The number of hydrogen-bond acceptors (Lipinski definition) is 4. The second-order valence-corrected chi connectivity index (χ2v) is 5.97. The van der Waals surface area contributed by atoms with E-state index in [1.807, 2.05) is 43.3 Å². The largest absolute Gasteiger partial charge is 0.497 e. The first-order valence-electron chi connectivity index (χ1n) is 8.53. The molecule has 132 valence electrons. The third kappa shape index (κ3) is 4.66. The molecule has 5 heteroatoms. The highest BCUT2D eigenvalue weighted by Gasteiger charge is 2.24. The molecule has 0 unspecified atom stereocenters. The molecule has 2 aromatic rings. The standard InChI is InChI=1S/C20H23NO4/c1-3-24-19-10-7-14(20(22)21-16-8-9-16)11-15(19)13-25-18-6-4-5-17(12-18)23-2/h4-7,10-12,16H,3,8-9,13H2,1-2H3,(H,21,22). The number of methoxy groups -OCH3 is 1. The van der Waals surface area contributed by atoms with Crippen molar-refractivity contribution in [1.82, 2.24) is 5.32 Å². The molecule has 1 amide bonds. The van der Waals surface area contributed by atoms with Crippen molar-refractivity contribution in [3.63, 3.8) is 0 Å². The SMILES string of the molecule is CCOc1ccc(C(=O)NC2CC2)cc1COc1cccc(OC)c1. The summed E-state index contributed by atoms with van der Waals surface area (Å²) < 4.78 is 16.7. The van der Waals surface area contributed by atoms with E-state index in [9.17, 15) is 4.79 Å². The van der Waals surface area contributed by atoms with Gasteiger partial charge < -0.3 is 19.5 Å². The monoisotopic (exact) mass is 341 g/mol. The highest BCUT2D eigenvalue weighted by Crippen LogP contribution is 2.25. The Bertz CT molecular complexity index is 740. The molecule has 1 fully saturated rings. The molecule has 25 heavy (non-hydrogen) atoms. The van der Waals surface area contributed by atoms with Crippen LogP contribution in [0.1, 0.15) is 35.7 Å². The number of ether oxygens (including phenoxy) is 3. The van der Waals surface area contributed by atoms with Gasteiger partial charge in [-0.15, -0.1) is 0 Å². The first kappa shape index (κ1) is 17.1. The van der Waals surface area contributed by atoms with Gasteiger partial charge in [0, 0.05) is 23.2 Å². The lowest BCUT2D eigenvalue weighted by Gasteiger charge is -2.14. The number of amides is 1. The van der Waals surface area contributed by atoms with E-state index in [1.165, 1.54) is 0 Å². The summed E-state index contributed by atoms with van der Waals surface area (Å²) in [5.41, 5.74) is 1.47. The smallest absolute Gasteiger partial charge is 0.251 e. The zero-order valence-electron chi connectivity index (χ0n) is 14.6. The van der Waals surface area contributed by atoms with Crippen LogP contribution in [-0.2, 0) is 6.61 Å². The van der Waals surface area contributed by atoms with Gasteiger partial charge in [0.2, 0.25) is 0 Å². The van der Waals surface area contributed by atoms with E-state index in [-0.39, 0.29) is 5.91 Å². The highest BCUT2D eigenvalue weighted by atomic mass is 16.5. The third-order valence-electron chi connectivity index (χ3n) is 3.97. The molecular formula is C20H23NO4. The number of benzene rings is 2. The van der Waals surface area contributed by atoms with E-state index in [0.29, 0.717) is 30.6 Å². The van der Waals surface area contributed by atoms with Crippen LogP contribution in [0.25, 0.3) is 0 Å². The molecule has 5 nitrogen and oxygen atoms in total. The molecule has 1 saturated carbocycles. The summed E-state index contributed by atoms with van der Waals surface area (Å²) in [7, 11) is 1.62. The van der Waals surface area contributed by atoms with Gasteiger partial charge in [-0.25, -0.2) is 0 Å². The van der Waals surface area contributed by atoms with Crippen LogP contribution in [0.5, 0.6) is 17.2 Å². The van der Waals surface area contributed by atoms with Gasteiger partial charge in [0.1, 0.15) is 23.9 Å². The fourth-order valence-electron chi connectivity index (χ4n) is 2.48. The lowest BCUT2D eigenvalue weighted by molar-refractivity contribution is 0.0951. The number of hydrogen-bond donors (Lipinski definition) is 1. The number of carbonyl (C=O) groups is 1. The maximum Gasteiger partial charge on any atom is 0.251 e. The van der Waals surface area contributed by atoms with Crippen LogP contribution in [0.15, 0.2) is 42.5 Å². The zero-order chi connectivity index (χ0) is 17.6. The second-order valence-electron chi connectivity index (χ2n) is 5.97. The van der Waals surface area contributed by atoms with E-state index in [2.05, 4.69) is 5.32 Å². The first-order valence-corrected chi connectivity index (χ1v) is 8.53. The van der Waals surface area contributed by atoms with Crippen molar-refractivity contribution in [2.45, 2.75) is 32.4 Å². The normalized spacial score (nSPS) is 13.2. The minimum absolute atomic E-state index is 0.0480. The molecule has 2 aromatic carbocycles. The highest BCUT2D eigenvalue weighted by molar-refractivity contribution is 5.95. The molecule has 1 aliphatic carbocycles. The molecule has 0 aromatic heterocycles. The number of carbonyl (C=O) groups excluding carboxylic acids is 1. The summed E-state index contributed by atoms with van der Waals surface area (Å²) in [6.45, 7) is 2.80. The Hall–Kier alpha value is -2.69. The minimum Gasteiger partial charge on any atom is -0.497 e. The summed E-state index contributed by atoms with van der Waals surface area (Å²) >= 11 is 0. The molecule has 0 spiro atoms. The molecule has 0 radical (unpaired) electrons. The summed E-state index contributed by atoms with van der Waals surface area (Å²) in [4.78, 5) is 12.3. The molecule has 0 atom stereocenters. The molecule has 0 heterocycles. The van der Waals surface area contributed by atoms with Crippen molar-refractivity contribution in [3.05, 3.63) is 53.6 Å². The van der Waals surface area contributed by atoms with E-state index >= 15 is 0 Å². The molecule has 1 aliphatic rings. The van der Waals surface area contributed by atoms with Crippen LogP contribution in [0, 0.1) is 0 Å². The van der Waals surface area contributed by atoms with Crippen molar-refractivity contribution < 1.29 is 19.0 Å². The molecule has 0 aliphatic heterocycles. The predicted molar refractivity (Wildman–Crippen MR) is 95.4 cm³/mol. The topological polar surface area (TPSA) is 56.8 Å². The van der Waals surface area contributed by atoms with Gasteiger partial charge in [-0.2, -0.15) is 0 Å². The van der Waals surface area contributed by atoms with E-state index in [4.69, 9.17) is 14.2 Å². The van der Waals surface area contributed by atoms with Gasteiger partial charge in [-0.3, -0.25) is 4.79 Å². The molecule has 3 rings (SSSR count). The second kappa shape index (κ2) is 7.92. The van der Waals surface area contributed by atoms with E-state index < -0.39 is 0 Å². The van der Waals surface area contributed by atoms with Crippen LogP contribution in [0.2, 0.25) is 0 Å². The first-order chi connectivity index (χ1) is 12.2. The average molecular weight is 341 g/mol. The third-order valence-corrected chi connectivity index (χ3v) is 3.97. The van der Waals surface area contributed by atoms with Crippen LogP contribution in [-0.4, -0.2) is 25.7 Å². The lowest BCUT2D eigenvalue weighted by atomic mass is 10.1. The number of rotatable bonds is 8. The number of nitrogens with one attached hydrogen (secondary N) is 1. The Balaban J connectivity index is 1.75. The summed E-state index contributed by atoms with van der Waals surface area (Å²) in [5.74, 6) is 2.12. The van der Waals surface area contributed by atoms with Gasteiger partial charge in [0.05, 0.1) is 13.7 Å². The Morgan fingerprint density at radius 3 is 2.64 bits per heavy atom. The fraction of sp³-hybridized carbons (Fsp3) is 0.350. The maximum absolute atomic E-state index is 12.3. The minimum atomic E-state index is -0.0480. The molecule has 1 N–H and O–H groups in total. The average Bonchev–Trinajstić information content (AvgIpc) is 3.45. The molecule has 0 saturated heterocycles.